The second-order valence-electron chi connectivity index (χ2n) is 3.93. The third-order valence-corrected chi connectivity index (χ3v) is 3.60. The van der Waals surface area contributed by atoms with Crippen LogP contribution < -0.4 is 10.1 Å². The second-order valence-corrected chi connectivity index (χ2v) is 5.30. The molecule has 2 aromatic rings. The highest BCUT2D eigenvalue weighted by Crippen LogP contribution is 2.18. The Bertz CT molecular complexity index is 484. The predicted molar refractivity (Wildman–Crippen MR) is 79.8 cm³/mol. The summed E-state index contributed by atoms with van der Waals surface area (Å²) in [5.41, 5.74) is 1.20. The third kappa shape index (κ3) is 4.02. The molecule has 0 aliphatic rings. The molecule has 0 aliphatic heterocycles. The Morgan fingerprint density at radius 1 is 1.11 bits per heavy atom. The van der Waals surface area contributed by atoms with E-state index in [1.807, 2.05) is 29.5 Å². The highest BCUT2D eigenvalue weighted by Gasteiger charge is 2.01. The Morgan fingerprint density at radius 2 is 1.89 bits per heavy atom. The average molecular weight is 284 g/mol. The third-order valence-electron chi connectivity index (χ3n) is 2.60. The van der Waals surface area contributed by atoms with E-state index in [0.717, 1.165) is 18.8 Å². The van der Waals surface area contributed by atoms with E-state index in [4.69, 9.17) is 4.74 Å². The van der Waals surface area contributed by atoms with Crippen LogP contribution in [0, 0.1) is 6.92 Å². The fourth-order valence-electron chi connectivity index (χ4n) is 1.75. The van der Waals surface area contributed by atoms with E-state index in [-0.39, 0.29) is 12.4 Å². The maximum atomic E-state index is 5.31. The summed E-state index contributed by atoms with van der Waals surface area (Å²) in [5.74, 6) is 0.947. The Hall–Kier alpha value is -1.03. The first-order valence-electron chi connectivity index (χ1n) is 5.67. The zero-order valence-electron chi connectivity index (χ0n) is 10.6. The van der Waals surface area contributed by atoms with Gasteiger partial charge in [0, 0.05) is 28.4 Å². The molecule has 0 atom stereocenters. The van der Waals surface area contributed by atoms with E-state index in [1.165, 1.54) is 15.3 Å². The van der Waals surface area contributed by atoms with E-state index in [2.05, 4.69) is 30.4 Å². The molecular formula is C14H18ClNOS. The van der Waals surface area contributed by atoms with Crippen LogP contribution in [0.4, 0.5) is 0 Å². The van der Waals surface area contributed by atoms with Crippen LogP contribution in [0.1, 0.15) is 15.3 Å². The number of hydrogen-bond acceptors (Lipinski definition) is 3. The van der Waals surface area contributed by atoms with Crippen LogP contribution in [0.3, 0.4) is 0 Å². The Labute approximate surface area is 118 Å². The molecule has 0 bridgehead atoms. The number of nitrogens with one attached hydrogen (secondary N) is 1. The van der Waals surface area contributed by atoms with Gasteiger partial charge in [-0.3, -0.25) is 0 Å². The normalized spacial score (nSPS) is 9.89. The molecule has 0 unspecified atom stereocenters. The summed E-state index contributed by atoms with van der Waals surface area (Å²) < 4.78 is 5.31. The van der Waals surface area contributed by atoms with Crippen molar-refractivity contribution in [2.45, 2.75) is 20.0 Å². The van der Waals surface area contributed by atoms with Gasteiger partial charge in [0.1, 0.15) is 5.75 Å². The van der Waals surface area contributed by atoms with Crippen molar-refractivity contribution >= 4 is 23.7 Å². The number of ether oxygens (including phenoxy) is 1. The lowest BCUT2D eigenvalue weighted by Crippen LogP contribution is -2.12. The van der Waals surface area contributed by atoms with Gasteiger partial charge in [0.25, 0.3) is 0 Å². The minimum absolute atomic E-state index is 0. The molecule has 1 aromatic heterocycles. The van der Waals surface area contributed by atoms with E-state index in [9.17, 15) is 0 Å². The summed E-state index contributed by atoms with van der Waals surface area (Å²) in [6.45, 7) is 3.88. The standard InChI is InChI=1S/C14H17NOS.ClH/c1-11-7-8-13(17-11)10-15-9-12-5-3-4-6-14(12)16-2;/h3-8,15H,9-10H2,1-2H3;1H. The van der Waals surface area contributed by atoms with Crippen LogP contribution in [0.15, 0.2) is 36.4 Å². The van der Waals surface area contributed by atoms with E-state index >= 15 is 0 Å². The summed E-state index contributed by atoms with van der Waals surface area (Å²) in [5, 5.41) is 3.44. The molecule has 0 spiro atoms. The molecule has 0 aliphatic carbocycles. The summed E-state index contributed by atoms with van der Waals surface area (Å²) in [6, 6.07) is 12.4. The summed E-state index contributed by atoms with van der Waals surface area (Å²) in [7, 11) is 1.71. The fraction of sp³-hybridized carbons (Fsp3) is 0.286. The maximum Gasteiger partial charge on any atom is 0.123 e. The van der Waals surface area contributed by atoms with Gasteiger partial charge < -0.3 is 10.1 Å². The molecule has 0 saturated heterocycles. The first-order chi connectivity index (χ1) is 8.29. The second kappa shape index (κ2) is 7.41. The highest BCUT2D eigenvalue weighted by atomic mass is 35.5. The number of rotatable bonds is 5. The lowest BCUT2D eigenvalue weighted by Gasteiger charge is -2.08. The topological polar surface area (TPSA) is 21.3 Å². The SMILES string of the molecule is COc1ccccc1CNCc1ccc(C)s1.Cl. The monoisotopic (exact) mass is 283 g/mol. The largest absolute Gasteiger partial charge is 0.496 e. The highest BCUT2D eigenvalue weighted by molar-refractivity contribution is 7.11. The molecule has 1 aromatic carbocycles. The average Bonchev–Trinajstić information content (AvgIpc) is 2.76. The van der Waals surface area contributed by atoms with Crippen molar-refractivity contribution in [1.82, 2.24) is 5.32 Å². The van der Waals surface area contributed by atoms with Crippen molar-refractivity contribution in [3.05, 3.63) is 51.7 Å². The molecule has 2 rings (SSSR count). The molecule has 98 valence electrons. The van der Waals surface area contributed by atoms with Crippen molar-refractivity contribution < 1.29 is 4.74 Å². The van der Waals surface area contributed by atoms with Gasteiger partial charge in [-0.1, -0.05) is 18.2 Å². The first kappa shape index (κ1) is 15.0. The molecule has 1 N–H and O–H groups in total. The fourth-order valence-corrected chi connectivity index (χ4v) is 2.61. The van der Waals surface area contributed by atoms with Crippen molar-refractivity contribution in [2.24, 2.45) is 0 Å². The summed E-state index contributed by atoms with van der Waals surface area (Å²) in [4.78, 5) is 2.73. The van der Waals surface area contributed by atoms with Gasteiger partial charge >= 0.3 is 0 Å². The smallest absolute Gasteiger partial charge is 0.123 e. The van der Waals surface area contributed by atoms with Crippen LogP contribution in [-0.4, -0.2) is 7.11 Å². The predicted octanol–water partition coefficient (Wildman–Crippen LogP) is 3.78. The number of methoxy groups -OCH3 is 1. The van der Waals surface area contributed by atoms with Crippen molar-refractivity contribution in [3.63, 3.8) is 0 Å². The van der Waals surface area contributed by atoms with Gasteiger partial charge in [-0.15, -0.1) is 23.7 Å². The van der Waals surface area contributed by atoms with Crippen molar-refractivity contribution in [2.75, 3.05) is 7.11 Å². The van der Waals surface area contributed by atoms with E-state index in [0.29, 0.717) is 0 Å². The molecule has 0 amide bonds. The number of hydrogen-bond donors (Lipinski definition) is 1. The van der Waals surface area contributed by atoms with Gasteiger partial charge in [-0.2, -0.15) is 0 Å². The molecule has 4 heteroatoms. The van der Waals surface area contributed by atoms with Crippen LogP contribution in [0.2, 0.25) is 0 Å². The quantitative estimate of drug-likeness (QED) is 0.902. The van der Waals surface area contributed by atoms with Crippen LogP contribution >= 0.6 is 23.7 Å². The minimum atomic E-state index is 0. The molecule has 1 heterocycles. The van der Waals surface area contributed by atoms with Gasteiger partial charge in [0.05, 0.1) is 7.11 Å². The lowest BCUT2D eigenvalue weighted by molar-refractivity contribution is 0.407. The Kier molecular flexibility index (Phi) is 6.19. The minimum Gasteiger partial charge on any atom is -0.496 e. The Balaban J connectivity index is 0.00000162. The van der Waals surface area contributed by atoms with Gasteiger partial charge in [0.2, 0.25) is 0 Å². The van der Waals surface area contributed by atoms with Crippen LogP contribution in [0.25, 0.3) is 0 Å². The molecule has 18 heavy (non-hydrogen) atoms. The number of aryl methyl sites for hydroxylation is 1. The van der Waals surface area contributed by atoms with Gasteiger partial charge in [-0.05, 0) is 25.1 Å². The molecule has 2 nitrogen and oxygen atoms in total. The van der Waals surface area contributed by atoms with Crippen LogP contribution in [-0.2, 0) is 13.1 Å². The van der Waals surface area contributed by atoms with E-state index in [1.54, 1.807) is 7.11 Å². The van der Waals surface area contributed by atoms with Crippen molar-refractivity contribution in [1.29, 1.82) is 0 Å². The number of para-hydroxylation sites is 1. The molecule has 0 saturated carbocycles. The van der Waals surface area contributed by atoms with Gasteiger partial charge in [-0.25, -0.2) is 0 Å². The summed E-state index contributed by atoms with van der Waals surface area (Å²) in [6.07, 6.45) is 0. The van der Waals surface area contributed by atoms with Gasteiger partial charge in [0.15, 0.2) is 0 Å². The van der Waals surface area contributed by atoms with E-state index < -0.39 is 0 Å². The number of thiophene rings is 1. The molecule has 0 fully saturated rings. The van der Waals surface area contributed by atoms with Crippen molar-refractivity contribution in [3.8, 4) is 5.75 Å². The maximum absolute atomic E-state index is 5.31. The first-order valence-corrected chi connectivity index (χ1v) is 6.49. The lowest BCUT2D eigenvalue weighted by atomic mass is 10.2. The molecule has 0 radical (unpaired) electrons. The van der Waals surface area contributed by atoms with Crippen LogP contribution in [0.5, 0.6) is 5.75 Å². The number of benzene rings is 1. The zero-order valence-corrected chi connectivity index (χ0v) is 12.2. The number of halogens is 1. The Morgan fingerprint density at radius 3 is 2.56 bits per heavy atom. The molecular weight excluding hydrogens is 266 g/mol. The zero-order chi connectivity index (χ0) is 12.1. The summed E-state index contributed by atoms with van der Waals surface area (Å²) >= 11 is 1.84.